The van der Waals surface area contributed by atoms with Crippen molar-refractivity contribution < 1.29 is 33.3 Å². The molecule has 3 rings (SSSR count). The van der Waals surface area contributed by atoms with Crippen molar-refractivity contribution in [2.75, 3.05) is 33.0 Å². The highest BCUT2D eigenvalue weighted by atomic mass is 16.6. The second kappa shape index (κ2) is 12.9. The number of carbonyl (C=O) groups excluding carboxylic acids is 2. The van der Waals surface area contributed by atoms with E-state index in [0.717, 1.165) is 5.75 Å². The molecule has 7 heteroatoms. The Bertz CT molecular complexity index is 999. The molecule has 0 fully saturated rings. The first-order valence-corrected chi connectivity index (χ1v) is 10.6. The zero-order valence-electron chi connectivity index (χ0n) is 18.4. The molecule has 0 aliphatic heterocycles. The number of ether oxygens (including phenoxy) is 5. The van der Waals surface area contributed by atoms with Crippen LogP contribution in [0, 0.1) is 0 Å². The van der Waals surface area contributed by atoms with E-state index in [2.05, 4.69) is 0 Å². The third-order valence-electron chi connectivity index (χ3n) is 4.42. The first-order chi connectivity index (χ1) is 16.2. The number of rotatable bonds is 12. The zero-order chi connectivity index (χ0) is 23.3. The lowest BCUT2D eigenvalue weighted by molar-refractivity contribution is 0.0335. The van der Waals surface area contributed by atoms with Crippen LogP contribution in [0.3, 0.4) is 0 Å². The van der Waals surface area contributed by atoms with Crippen molar-refractivity contribution in [2.24, 2.45) is 0 Å². The van der Waals surface area contributed by atoms with Gasteiger partial charge in [-0.3, -0.25) is 0 Å². The summed E-state index contributed by atoms with van der Waals surface area (Å²) in [5, 5.41) is 0. The van der Waals surface area contributed by atoms with Crippen molar-refractivity contribution in [1.29, 1.82) is 0 Å². The molecular formula is C26H26O7. The molecule has 33 heavy (non-hydrogen) atoms. The Hall–Kier alpha value is -3.84. The van der Waals surface area contributed by atoms with E-state index in [-0.39, 0.29) is 6.61 Å². The molecule has 0 saturated carbocycles. The van der Waals surface area contributed by atoms with Crippen molar-refractivity contribution in [3.8, 4) is 17.2 Å². The Morgan fingerprint density at radius 1 is 0.606 bits per heavy atom. The maximum absolute atomic E-state index is 12.4. The minimum Gasteiger partial charge on any atom is -0.490 e. The highest BCUT2D eigenvalue weighted by molar-refractivity contribution is 5.92. The summed E-state index contributed by atoms with van der Waals surface area (Å²) in [6.07, 6.45) is 0. The third kappa shape index (κ3) is 7.97. The van der Waals surface area contributed by atoms with Crippen LogP contribution in [0.1, 0.15) is 27.6 Å². The molecule has 0 spiro atoms. The van der Waals surface area contributed by atoms with Gasteiger partial charge in [-0.1, -0.05) is 18.2 Å². The number of hydrogen-bond acceptors (Lipinski definition) is 7. The van der Waals surface area contributed by atoms with Crippen LogP contribution in [0.4, 0.5) is 0 Å². The van der Waals surface area contributed by atoms with Gasteiger partial charge in [0.05, 0.1) is 17.7 Å². The van der Waals surface area contributed by atoms with E-state index in [1.165, 1.54) is 0 Å². The number of benzene rings is 3. The fourth-order valence-electron chi connectivity index (χ4n) is 2.77. The average molecular weight is 450 g/mol. The lowest BCUT2D eigenvalue weighted by atomic mass is 10.2. The molecule has 0 unspecified atom stereocenters. The largest absolute Gasteiger partial charge is 0.490 e. The first kappa shape index (κ1) is 23.8. The summed E-state index contributed by atoms with van der Waals surface area (Å²) < 4.78 is 26.8. The molecule has 7 nitrogen and oxygen atoms in total. The zero-order valence-corrected chi connectivity index (χ0v) is 18.4. The SMILES string of the molecule is CCOCCOC(=O)c1ccc(OC(=O)c2ccc(OCCOc3ccccc3)cc2)cc1. The van der Waals surface area contributed by atoms with Gasteiger partial charge in [0.2, 0.25) is 0 Å². The van der Waals surface area contributed by atoms with Crippen molar-refractivity contribution in [3.63, 3.8) is 0 Å². The summed E-state index contributed by atoms with van der Waals surface area (Å²) in [4.78, 5) is 24.3. The van der Waals surface area contributed by atoms with Crippen LogP contribution in [0.25, 0.3) is 0 Å². The van der Waals surface area contributed by atoms with Gasteiger partial charge in [-0.15, -0.1) is 0 Å². The summed E-state index contributed by atoms with van der Waals surface area (Å²) in [6.45, 7) is 3.75. The monoisotopic (exact) mass is 450 g/mol. The number of carbonyl (C=O) groups is 2. The molecule has 172 valence electrons. The van der Waals surface area contributed by atoms with Gasteiger partial charge in [-0.25, -0.2) is 9.59 Å². The van der Waals surface area contributed by atoms with Gasteiger partial charge in [0, 0.05) is 6.61 Å². The number of esters is 2. The summed E-state index contributed by atoms with van der Waals surface area (Å²) in [5.74, 6) is 0.753. The molecule has 0 atom stereocenters. The van der Waals surface area contributed by atoms with Gasteiger partial charge in [-0.2, -0.15) is 0 Å². The van der Waals surface area contributed by atoms with Gasteiger partial charge in [-0.05, 0) is 67.6 Å². The Morgan fingerprint density at radius 3 is 1.76 bits per heavy atom. The topological polar surface area (TPSA) is 80.3 Å². The third-order valence-corrected chi connectivity index (χ3v) is 4.42. The highest BCUT2D eigenvalue weighted by Crippen LogP contribution is 2.17. The number of hydrogen-bond donors (Lipinski definition) is 0. The van der Waals surface area contributed by atoms with Crippen molar-refractivity contribution in [2.45, 2.75) is 6.92 Å². The van der Waals surface area contributed by atoms with E-state index in [1.54, 1.807) is 48.5 Å². The van der Waals surface area contributed by atoms with Gasteiger partial charge in [0.25, 0.3) is 0 Å². The molecular weight excluding hydrogens is 424 g/mol. The van der Waals surface area contributed by atoms with Gasteiger partial charge in [0.1, 0.15) is 37.1 Å². The predicted octanol–water partition coefficient (Wildman–Crippen LogP) is 4.56. The van der Waals surface area contributed by atoms with Crippen molar-refractivity contribution >= 4 is 11.9 Å². The van der Waals surface area contributed by atoms with Crippen LogP contribution in [-0.2, 0) is 9.47 Å². The van der Waals surface area contributed by atoms with Crippen LogP contribution >= 0.6 is 0 Å². The van der Waals surface area contributed by atoms with Crippen molar-refractivity contribution in [1.82, 2.24) is 0 Å². The molecule has 0 saturated heterocycles. The summed E-state index contributed by atoms with van der Waals surface area (Å²) in [5.41, 5.74) is 0.742. The fourth-order valence-corrected chi connectivity index (χ4v) is 2.77. The average Bonchev–Trinajstić information content (AvgIpc) is 2.86. The van der Waals surface area contributed by atoms with E-state index < -0.39 is 11.9 Å². The van der Waals surface area contributed by atoms with Crippen LogP contribution < -0.4 is 14.2 Å². The maximum atomic E-state index is 12.4. The summed E-state index contributed by atoms with van der Waals surface area (Å²) in [6, 6.07) is 22.3. The Labute approximate surface area is 192 Å². The summed E-state index contributed by atoms with van der Waals surface area (Å²) >= 11 is 0. The molecule has 0 aliphatic carbocycles. The predicted molar refractivity (Wildman–Crippen MR) is 122 cm³/mol. The van der Waals surface area contributed by atoms with Crippen LogP contribution in [-0.4, -0.2) is 45.0 Å². The molecule has 0 radical (unpaired) electrons. The number of para-hydroxylation sites is 1. The maximum Gasteiger partial charge on any atom is 0.343 e. The standard InChI is InChI=1S/C26H26O7/c1-2-29-16-17-32-25(27)20-10-14-24(15-11-20)33-26(28)21-8-12-23(13-9-21)31-19-18-30-22-6-4-3-5-7-22/h3-15H,2,16-19H2,1H3. The second-order valence-electron chi connectivity index (χ2n) is 6.78. The van der Waals surface area contributed by atoms with Crippen LogP contribution in [0.15, 0.2) is 78.9 Å². The Balaban J connectivity index is 1.42. The Kier molecular flexibility index (Phi) is 9.29. The molecule has 0 aliphatic rings. The molecule has 3 aromatic carbocycles. The first-order valence-electron chi connectivity index (χ1n) is 10.6. The smallest absolute Gasteiger partial charge is 0.343 e. The van der Waals surface area contributed by atoms with E-state index in [9.17, 15) is 9.59 Å². The lowest BCUT2D eigenvalue weighted by Gasteiger charge is -2.09. The van der Waals surface area contributed by atoms with E-state index in [4.69, 9.17) is 23.7 Å². The van der Waals surface area contributed by atoms with Gasteiger partial charge in [0.15, 0.2) is 0 Å². The second-order valence-corrected chi connectivity index (χ2v) is 6.78. The normalized spacial score (nSPS) is 10.3. The van der Waals surface area contributed by atoms with E-state index >= 15 is 0 Å². The van der Waals surface area contributed by atoms with Gasteiger partial charge < -0.3 is 23.7 Å². The highest BCUT2D eigenvalue weighted by Gasteiger charge is 2.11. The fraction of sp³-hybridized carbons (Fsp3) is 0.231. The summed E-state index contributed by atoms with van der Waals surface area (Å²) in [7, 11) is 0. The van der Waals surface area contributed by atoms with Crippen LogP contribution in [0.2, 0.25) is 0 Å². The molecule has 0 N–H and O–H groups in total. The minimum absolute atomic E-state index is 0.184. The quantitative estimate of drug-likeness (QED) is 0.227. The molecule has 3 aromatic rings. The van der Waals surface area contributed by atoms with Crippen molar-refractivity contribution in [3.05, 3.63) is 90.0 Å². The van der Waals surface area contributed by atoms with E-state index in [1.807, 2.05) is 37.3 Å². The minimum atomic E-state index is -0.513. The van der Waals surface area contributed by atoms with Gasteiger partial charge >= 0.3 is 11.9 Å². The van der Waals surface area contributed by atoms with E-state index in [0.29, 0.717) is 49.1 Å². The Morgan fingerprint density at radius 2 is 1.15 bits per heavy atom. The molecule has 0 amide bonds. The lowest BCUT2D eigenvalue weighted by Crippen LogP contribution is -2.11. The molecule has 0 heterocycles. The molecule has 0 aromatic heterocycles. The molecule has 0 bridgehead atoms. The van der Waals surface area contributed by atoms with Crippen LogP contribution in [0.5, 0.6) is 17.2 Å².